The van der Waals surface area contributed by atoms with Gasteiger partial charge in [0.25, 0.3) is 5.91 Å². The van der Waals surface area contributed by atoms with Gasteiger partial charge in [0, 0.05) is 27.6 Å². The first-order chi connectivity index (χ1) is 16.6. The van der Waals surface area contributed by atoms with Gasteiger partial charge in [-0.3, -0.25) is 15.1 Å². The maximum absolute atomic E-state index is 13.3. The number of para-hydroxylation sites is 1. The van der Waals surface area contributed by atoms with Gasteiger partial charge in [0.1, 0.15) is 17.2 Å². The molecule has 0 fully saturated rings. The Bertz CT molecular complexity index is 1410. The van der Waals surface area contributed by atoms with E-state index in [-0.39, 0.29) is 5.91 Å². The molecule has 0 unspecified atom stereocenters. The van der Waals surface area contributed by atoms with Crippen molar-refractivity contribution in [2.75, 3.05) is 14.2 Å². The standard InChI is InChI=1S/C25H21ClN4O3S/c1-32-17-11-12-19(21(13-17)33-2)23-27-20-6-4-3-5-18(20)22-24(31)28-25(29-30(22)23)34-14-15-7-9-16(26)10-8-15/h3-13,23H,14H2,1-2H3,(H,28,29,31)/t23-/m1/s1. The number of amidine groups is 1. The molecule has 1 N–H and O–H groups in total. The van der Waals surface area contributed by atoms with Crippen molar-refractivity contribution in [2.24, 2.45) is 10.1 Å². The second-order valence-corrected chi connectivity index (χ2v) is 9.00. The summed E-state index contributed by atoms with van der Waals surface area (Å²) in [7, 11) is 3.20. The average Bonchev–Trinajstić information content (AvgIpc) is 2.87. The SMILES string of the molecule is COc1ccc([C@@H]2N=c3ccccc3=C3C(=O)NC(SCc4ccc(Cl)cc4)=NN32)c(OC)c1. The zero-order chi connectivity index (χ0) is 23.7. The molecule has 34 heavy (non-hydrogen) atoms. The minimum Gasteiger partial charge on any atom is -0.497 e. The Hall–Kier alpha value is -3.49. The zero-order valence-electron chi connectivity index (χ0n) is 18.5. The van der Waals surface area contributed by atoms with E-state index in [1.54, 1.807) is 25.3 Å². The van der Waals surface area contributed by atoms with Crippen LogP contribution in [0.15, 0.2) is 76.8 Å². The van der Waals surface area contributed by atoms with E-state index in [4.69, 9.17) is 31.2 Å². The van der Waals surface area contributed by atoms with E-state index in [0.717, 1.165) is 21.7 Å². The quantitative estimate of drug-likeness (QED) is 0.590. The smallest absolute Gasteiger partial charge is 0.276 e. The number of nitrogens with one attached hydrogen (secondary N) is 1. The molecule has 0 bridgehead atoms. The lowest BCUT2D eigenvalue weighted by Gasteiger charge is -2.34. The van der Waals surface area contributed by atoms with Gasteiger partial charge >= 0.3 is 0 Å². The molecule has 2 heterocycles. The van der Waals surface area contributed by atoms with Gasteiger partial charge in [-0.05, 0) is 35.9 Å². The average molecular weight is 493 g/mol. The predicted molar refractivity (Wildman–Crippen MR) is 133 cm³/mol. The van der Waals surface area contributed by atoms with Crippen molar-refractivity contribution in [3.05, 3.63) is 93.5 Å². The van der Waals surface area contributed by atoms with Gasteiger partial charge in [0.15, 0.2) is 11.3 Å². The van der Waals surface area contributed by atoms with Crippen molar-refractivity contribution in [1.82, 2.24) is 10.3 Å². The van der Waals surface area contributed by atoms with Crippen LogP contribution in [0.1, 0.15) is 17.3 Å². The van der Waals surface area contributed by atoms with E-state index in [0.29, 0.717) is 33.1 Å². The summed E-state index contributed by atoms with van der Waals surface area (Å²) in [6.45, 7) is 0. The molecule has 0 saturated heterocycles. The Morgan fingerprint density at radius 1 is 1.06 bits per heavy atom. The molecule has 0 saturated carbocycles. The molecule has 0 radical (unpaired) electrons. The van der Waals surface area contributed by atoms with Gasteiger partial charge in [-0.1, -0.05) is 53.7 Å². The number of hydrogen-bond donors (Lipinski definition) is 1. The molecule has 3 aromatic carbocycles. The Morgan fingerprint density at radius 2 is 1.85 bits per heavy atom. The third-order valence-corrected chi connectivity index (χ3v) is 6.71. The van der Waals surface area contributed by atoms with Crippen LogP contribution in [-0.2, 0) is 10.5 Å². The van der Waals surface area contributed by atoms with E-state index < -0.39 is 6.17 Å². The molecule has 0 aliphatic carbocycles. The summed E-state index contributed by atoms with van der Waals surface area (Å²) in [4.78, 5) is 18.2. The van der Waals surface area contributed by atoms with Gasteiger partial charge in [-0.25, -0.2) is 5.01 Å². The van der Waals surface area contributed by atoms with Crippen LogP contribution in [0.4, 0.5) is 0 Å². The number of nitrogens with zero attached hydrogens (tertiary/aromatic N) is 3. The maximum atomic E-state index is 13.3. The molecule has 5 rings (SSSR count). The van der Waals surface area contributed by atoms with Crippen LogP contribution in [0, 0.1) is 0 Å². The first-order valence-electron chi connectivity index (χ1n) is 10.5. The molecule has 0 aromatic heterocycles. The summed E-state index contributed by atoms with van der Waals surface area (Å²) in [5.41, 5.74) is 2.29. The molecule has 172 valence electrons. The molecule has 7 nitrogen and oxygen atoms in total. The Kier molecular flexibility index (Phi) is 6.17. The topological polar surface area (TPSA) is 75.5 Å². The number of fused-ring (bicyclic) bond motifs is 2. The number of ether oxygens (including phenoxy) is 2. The highest BCUT2D eigenvalue weighted by atomic mass is 35.5. The van der Waals surface area contributed by atoms with Gasteiger partial charge in [0.05, 0.1) is 19.6 Å². The summed E-state index contributed by atoms with van der Waals surface area (Å²) >= 11 is 7.43. The predicted octanol–water partition coefficient (Wildman–Crippen LogP) is 3.43. The summed E-state index contributed by atoms with van der Waals surface area (Å²) < 4.78 is 11.0. The molecule has 0 spiro atoms. The van der Waals surface area contributed by atoms with Crippen molar-refractivity contribution < 1.29 is 14.3 Å². The van der Waals surface area contributed by atoms with E-state index in [9.17, 15) is 4.79 Å². The number of carbonyl (C=O) groups is 1. The third kappa shape index (κ3) is 4.22. The summed E-state index contributed by atoms with van der Waals surface area (Å²) in [6.07, 6.45) is -0.581. The Morgan fingerprint density at radius 3 is 2.62 bits per heavy atom. The minimum absolute atomic E-state index is 0.228. The second-order valence-electron chi connectivity index (χ2n) is 7.60. The second kappa shape index (κ2) is 9.40. The molecule has 1 atom stereocenters. The normalized spacial score (nSPS) is 16.6. The van der Waals surface area contributed by atoms with Gasteiger partial charge in [0.2, 0.25) is 0 Å². The first kappa shape index (κ1) is 22.3. The van der Waals surface area contributed by atoms with Crippen molar-refractivity contribution in [3.63, 3.8) is 0 Å². The van der Waals surface area contributed by atoms with Crippen LogP contribution in [0.2, 0.25) is 5.02 Å². The monoisotopic (exact) mass is 492 g/mol. The van der Waals surface area contributed by atoms with Crippen LogP contribution in [0.25, 0.3) is 5.70 Å². The number of thioether (sulfide) groups is 1. The Labute approximate surface area is 205 Å². The van der Waals surface area contributed by atoms with Gasteiger partial charge in [-0.15, -0.1) is 5.10 Å². The molecule has 9 heteroatoms. The summed E-state index contributed by atoms with van der Waals surface area (Å²) in [5.74, 6) is 1.67. The molecule has 2 aliphatic rings. The molecule has 2 aliphatic heterocycles. The van der Waals surface area contributed by atoms with Crippen molar-refractivity contribution >= 4 is 40.1 Å². The fourth-order valence-electron chi connectivity index (χ4n) is 3.86. The largest absolute Gasteiger partial charge is 0.497 e. The van der Waals surface area contributed by atoms with Gasteiger partial charge in [-0.2, -0.15) is 0 Å². The number of benzene rings is 3. The minimum atomic E-state index is -0.581. The highest BCUT2D eigenvalue weighted by molar-refractivity contribution is 8.13. The molecular formula is C25H21ClN4O3S. The molecule has 1 amide bonds. The maximum Gasteiger partial charge on any atom is 0.276 e. The fraction of sp³-hybridized carbons (Fsp3) is 0.160. The Balaban J connectivity index is 1.58. The zero-order valence-corrected chi connectivity index (χ0v) is 20.1. The lowest BCUT2D eigenvalue weighted by molar-refractivity contribution is -0.116. The fourth-order valence-corrected chi connectivity index (χ4v) is 4.79. The number of amides is 1. The van der Waals surface area contributed by atoms with E-state index in [2.05, 4.69) is 5.32 Å². The summed E-state index contributed by atoms with van der Waals surface area (Å²) in [5, 5.41) is 12.0. The highest BCUT2D eigenvalue weighted by Crippen LogP contribution is 2.37. The van der Waals surface area contributed by atoms with E-state index >= 15 is 0 Å². The summed E-state index contributed by atoms with van der Waals surface area (Å²) in [6, 6.07) is 20.7. The number of methoxy groups -OCH3 is 2. The number of hydrazone groups is 1. The lowest BCUT2D eigenvalue weighted by Crippen LogP contribution is -2.50. The van der Waals surface area contributed by atoms with Crippen LogP contribution in [-0.4, -0.2) is 30.3 Å². The van der Waals surface area contributed by atoms with Gasteiger partial charge < -0.3 is 9.47 Å². The van der Waals surface area contributed by atoms with Crippen molar-refractivity contribution in [1.29, 1.82) is 0 Å². The van der Waals surface area contributed by atoms with Crippen LogP contribution < -0.4 is 25.4 Å². The van der Waals surface area contributed by atoms with E-state index in [1.807, 2.05) is 60.7 Å². The molecule has 3 aromatic rings. The molecular weight excluding hydrogens is 472 g/mol. The number of halogens is 1. The highest BCUT2D eigenvalue weighted by Gasteiger charge is 2.35. The number of hydrogen-bond acceptors (Lipinski definition) is 7. The van der Waals surface area contributed by atoms with Crippen molar-refractivity contribution in [3.8, 4) is 11.5 Å². The van der Waals surface area contributed by atoms with Crippen LogP contribution in [0.5, 0.6) is 11.5 Å². The van der Waals surface area contributed by atoms with Crippen LogP contribution in [0.3, 0.4) is 0 Å². The van der Waals surface area contributed by atoms with Crippen LogP contribution >= 0.6 is 23.4 Å². The van der Waals surface area contributed by atoms with Crippen molar-refractivity contribution in [2.45, 2.75) is 11.9 Å². The third-order valence-electron chi connectivity index (χ3n) is 5.52. The van der Waals surface area contributed by atoms with E-state index in [1.165, 1.54) is 11.8 Å². The number of rotatable bonds is 5. The number of carbonyl (C=O) groups excluding carboxylic acids is 1. The lowest BCUT2D eigenvalue weighted by atomic mass is 10.1. The first-order valence-corrected chi connectivity index (χ1v) is 11.9.